The Morgan fingerprint density at radius 1 is 1.32 bits per heavy atom. The molecule has 2 amide bonds. The zero-order valence-corrected chi connectivity index (χ0v) is 14.6. The van der Waals surface area contributed by atoms with Gasteiger partial charge in [0.25, 0.3) is 0 Å². The predicted octanol–water partition coefficient (Wildman–Crippen LogP) is 2.60. The first kappa shape index (κ1) is 17.5. The highest BCUT2D eigenvalue weighted by Crippen LogP contribution is 2.28. The Hall–Kier alpha value is -2.34. The molecule has 1 aromatic rings. The summed E-state index contributed by atoms with van der Waals surface area (Å²) >= 11 is 0. The Morgan fingerprint density at radius 3 is 2.72 bits per heavy atom. The number of esters is 1. The summed E-state index contributed by atoms with van der Waals surface area (Å²) in [4.78, 5) is 24.5. The third-order valence-corrected chi connectivity index (χ3v) is 4.63. The third kappa shape index (κ3) is 4.02. The van der Waals surface area contributed by atoms with Gasteiger partial charge in [-0.15, -0.1) is 0 Å². The quantitative estimate of drug-likeness (QED) is 0.805. The Labute approximate surface area is 147 Å². The normalized spacial score (nSPS) is 23.2. The number of carbonyl (C=O) groups is 2. The van der Waals surface area contributed by atoms with Crippen molar-refractivity contribution in [1.29, 1.82) is 0 Å². The van der Waals surface area contributed by atoms with Crippen LogP contribution in [0.15, 0.2) is 35.5 Å². The fraction of sp³-hybridized carbons (Fsp3) is 0.474. The highest BCUT2D eigenvalue weighted by molar-refractivity contribution is 5.95. The number of carbonyl (C=O) groups excluding carboxylic acids is 2. The number of benzene rings is 1. The van der Waals surface area contributed by atoms with Gasteiger partial charge in [0.1, 0.15) is 6.61 Å². The lowest BCUT2D eigenvalue weighted by Crippen LogP contribution is -2.45. The second kappa shape index (κ2) is 7.70. The molecular formula is C19H24N2O4. The van der Waals surface area contributed by atoms with Crippen LogP contribution in [0.5, 0.6) is 0 Å². The number of urea groups is 1. The SMILES string of the molecule is CCc1ccc(C2NC(=O)NC(C)=C2C(=O)OCC2CCCO2)cc1. The summed E-state index contributed by atoms with van der Waals surface area (Å²) in [6.07, 6.45) is 2.80. The van der Waals surface area contributed by atoms with Crippen molar-refractivity contribution in [3.63, 3.8) is 0 Å². The zero-order valence-electron chi connectivity index (χ0n) is 14.6. The average Bonchev–Trinajstić information content (AvgIpc) is 3.12. The molecule has 2 N–H and O–H groups in total. The first-order valence-electron chi connectivity index (χ1n) is 8.74. The van der Waals surface area contributed by atoms with Crippen LogP contribution in [0, 0.1) is 0 Å². The lowest BCUT2D eigenvalue weighted by atomic mass is 9.94. The van der Waals surface area contributed by atoms with E-state index >= 15 is 0 Å². The number of nitrogens with one attached hydrogen (secondary N) is 2. The molecule has 25 heavy (non-hydrogen) atoms. The maximum absolute atomic E-state index is 12.7. The number of allylic oxidation sites excluding steroid dienone is 1. The Bertz CT molecular complexity index is 675. The monoisotopic (exact) mass is 344 g/mol. The lowest BCUT2D eigenvalue weighted by molar-refractivity contribution is -0.142. The molecule has 0 radical (unpaired) electrons. The molecule has 1 aromatic carbocycles. The molecule has 0 bridgehead atoms. The van der Waals surface area contributed by atoms with Crippen LogP contribution < -0.4 is 10.6 Å². The second-order valence-electron chi connectivity index (χ2n) is 6.40. The van der Waals surface area contributed by atoms with Gasteiger partial charge in [0.15, 0.2) is 0 Å². The van der Waals surface area contributed by atoms with Crippen molar-refractivity contribution >= 4 is 12.0 Å². The highest BCUT2D eigenvalue weighted by Gasteiger charge is 2.32. The molecule has 0 spiro atoms. The first-order chi connectivity index (χ1) is 12.1. The molecule has 1 fully saturated rings. The Morgan fingerprint density at radius 2 is 2.08 bits per heavy atom. The molecule has 134 valence electrons. The van der Waals surface area contributed by atoms with Crippen LogP contribution in [0.2, 0.25) is 0 Å². The number of aryl methyl sites for hydroxylation is 1. The number of ether oxygens (including phenoxy) is 2. The zero-order chi connectivity index (χ0) is 17.8. The summed E-state index contributed by atoms with van der Waals surface area (Å²) in [6, 6.07) is 7.06. The molecule has 2 aliphatic rings. The molecule has 2 unspecified atom stereocenters. The van der Waals surface area contributed by atoms with Crippen molar-refractivity contribution in [1.82, 2.24) is 10.6 Å². The van der Waals surface area contributed by atoms with Crippen molar-refractivity contribution in [2.24, 2.45) is 0 Å². The number of rotatable bonds is 5. The van der Waals surface area contributed by atoms with Gasteiger partial charge in [-0.3, -0.25) is 0 Å². The van der Waals surface area contributed by atoms with Crippen LogP contribution in [0.25, 0.3) is 0 Å². The largest absolute Gasteiger partial charge is 0.459 e. The summed E-state index contributed by atoms with van der Waals surface area (Å²) in [5.41, 5.74) is 3.01. The fourth-order valence-corrected chi connectivity index (χ4v) is 3.18. The van der Waals surface area contributed by atoms with E-state index in [1.54, 1.807) is 6.92 Å². The minimum atomic E-state index is -0.517. The summed E-state index contributed by atoms with van der Waals surface area (Å²) in [7, 11) is 0. The molecule has 2 heterocycles. The average molecular weight is 344 g/mol. The molecule has 0 saturated carbocycles. The van der Waals surface area contributed by atoms with Gasteiger partial charge in [0.05, 0.1) is 17.7 Å². The number of hydrogen-bond donors (Lipinski definition) is 2. The summed E-state index contributed by atoms with van der Waals surface area (Å²) < 4.78 is 10.9. The highest BCUT2D eigenvalue weighted by atomic mass is 16.6. The van der Waals surface area contributed by atoms with Gasteiger partial charge >= 0.3 is 12.0 Å². The lowest BCUT2D eigenvalue weighted by Gasteiger charge is -2.28. The Kier molecular flexibility index (Phi) is 5.38. The van der Waals surface area contributed by atoms with Crippen molar-refractivity contribution in [3.8, 4) is 0 Å². The van der Waals surface area contributed by atoms with E-state index in [0.717, 1.165) is 24.8 Å². The molecule has 6 nitrogen and oxygen atoms in total. The van der Waals surface area contributed by atoms with Crippen molar-refractivity contribution in [3.05, 3.63) is 46.7 Å². The molecular weight excluding hydrogens is 320 g/mol. The fourth-order valence-electron chi connectivity index (χ4n) is 3.18. The first-order valence-corrected chi connectivity index (χ1v) is 8.74. The van der Waals surface area contributed by atoms with E-state index in [9.17, 15) is 9.59 Å². The maximum atomic E-state index is 12.7. The minimum absolute atomic E-state index is 0.0294. The summed E-state index contributed by atoms with van der Waals surface area (Å²) in [6.45, 7) is 4.76. The van der Waals surface area contributed by atoms with Gasteiger partial charge in [0, 0.05) is 12.3 Å². The standard InChI is InChI=1S/C19H24N2O4/c1-3-13-6-8-14(9-7-13)17-16(12(2)20-19(23)21-17)18(22)25-11-15-5-4-10-24-15/h6-9,15,17H,3-5,10-11H2,1-2H3,(H2,20,21,23). The van der Waals surface area contributed by atoms with Crippen LogP contribution in [0.4, 0.5) is 4.79 Å². The minimum Gasteiger partial charge on any atom is -0.459 e. The van der Waals surface area contributed by atoms with Crippen molar-refractivity contribution in [2.75, 3.05) is 13.2 Å². The van der Waals surface area contributed by atoms with E-state index in [-0.39, 0.29) is 18.7 Å². The molecule has 3 rings (SSSR count). The van der Waals surface area contributed by atoms with Crippen LogP contribution in [0.1, 0.15) is 43.9 Å². The summed E-state index contributed by atoms with van der Waals surface area (Å²) in [5.74, 6) is -0.426. The van der Waals surface area contributed by atoms with E-state index in [1.807, 2.05) is 24.3 Å². The van der Waals surface area contributed by atoms with E-state index in [1.165, 1.54) is 5.56 Å². The topological polar surface area (TPSA) is 76.7 Å². The van der Waals surface area contributed by atoms with Gasteiger partial charge in [-0.2, -0.15) is 0 Å². The van der Waals surface area contributed by atoms with Gasteiger partial charge in [-0.05, 0) is 37.3 Å². The molecule has 1 saturated heterocycles. The van der Waals surface area contributed by atoms with Crippen LogP contribution >= 0.6 is 0 Å². The van der Waals surface area contributed by atoms with E-state index < -0.39 is 12.0 Å². The molecule has 0 aromatic heterocycles. The van der Waals surface area contributed by atoms with Gasteiger partial charge < -0.3 is 20.1 Å². The summed E-state index contributed by atoms with van der Waals surface area (Å²) in [5, 5.41) is 5.48. The van der Waals surface area contributed by atoms with E-state index in [4.69, 9.17) is 9.47 Å². The number of hydrogen-bond acceptors (Lipinski definition) is 4. The smallest absolute Gasteiger partial charge is 0.338 e. The van der Waals surface area contributed by atoms with Crippen molar-refractivity contribution in [2.45, 2.75) is 45.3 Å². The number of amides is 2. The van der Waals surface area contributed by atoms with Crippen LogP contribution in [-0.2, 0) is 20.7 Å². The second-order valence-corrected chi connectivity index (χ2v) is 6.40. The molecule has 2 aliphatic heterocycles. The van der Waals surface area contributed by atoms with Gasteiger partial charge in [0.2, 0.25) is 0 Å². The van der Waals surface area contributed by atoms with Crippen LogP contribution in [-0.4, -0.2) is 31.3 Å². The van der Waals surface area contributed by atoms with Gasteiger partial charge in [-0.25, -0.2) is 9.59 Å². The predicted molar refractivity (Wildman–Crippen MR) is 92.9 cm³/mol. The molecule has 2 atom stereocenters. The van der Waals surface area contributed by atoms with E-state index in [2.05, 4.69) is 17.6 Å². The van der Waals surface area contributed by atoms with E-state index in [0.29, 0.717) is 17.9 Å². The van der Waals surface area contributed by atoms with Crippen LogP contribution in [0.3, 0.4) is 0 Å². The van der Waals surface area contributed by atoms with Gasteiger partial charge in [-0.1, -0.05) is 31.2 Å². The molecule has 0 aliphatic carbocycles. The van der Waals surface area contributed by atoms with Crippen molar-refractivity contribution < 1.29 is 19.1 Å². The molecule has 6 heteroatoms. The maximum Gasteiger partial charge on any atom is 0.338 e. The Balaban J connectivity index is 1.79. The third-order valence-electron chi connectivity index (χ3n) is 4.63.